The molecule has 0 spiro atoms. The lowest BCUT2D eigenvalue weighted by atomic mass is 10.1. The minimum Gasteiger partial charge on any atom is -0.369 e. The second-order valence-corrected chi connectivity index (χ2v) is 5.27. The van der Waals surface area contributed by atoms with E-state index in [1.54, 1.807) is 13.8 Å². The average molecular weight is 279 g/mol. The van der Waals surface area contributed by atoms with Crippen LogP contribution < -0.4 is 4.90 Å². The maximum absolute atomic E-state index is 12.2. The monoisotopic (exact) mass is 279 g/mol. The molecule has 3 heteroatoms. The number of benzene rings is 2. The maximum Gasteiger partial charge on any atom is 0.256 e. The number of carbonyl (C=O) groups is 1. The lowest BCUT2D eigenvalue weighted by molar-refractivity contribution is -0.115. The van der Waals surface area contributed by atoms with Crippen LogP contribution in [0.1, 0.15) is 13.8 Å². The van der Waals surface area contributed by atoms with Crippen molar-refractivity contribution >= 4 is 11.6 Å². The summed E-state index contributed by atoms with van der Waals surface area (Å²) in [6.07, 6.45) is -0.861. The van der Waals surface area contributed by atoms with Crippen molar-refractivity contribution in [2.45, 2.75) is 20.1 Å². The predicted octanol–water partition coefficient (Wildman–Crippen LogP) is 3.36. The standard InChI is InChI=1S/C18H17NO2/c1-12-13(2)18(21)19(17(12)20)16-10-8-15(9-11-16)14-6-4-3-5-7-14/h3-11,17,20H,1-2H3. The zero-order valence-electron chi connectivity index (χ0n) is 12.1. The van der Waals surface area contributed by atoms with Crippen LogP contribution >= 0.6 is 0 Å². The largest absolute Gasteiger partial charge is 0.369 e. The lowest BCUT2D eigenvalue weighted by Gasteiger charge is -2.22. The highest BCUT2D eigenvalue weighted by Crippen LogP contribution is 2.31. The van der Waals surface area contributed by atoms with Gasteiger partial charge in [0.25, 0.3) is 5.91 Å². The second-order valence-electron chi connectivity index (χ2n) is 5.27. The third-order valence-corrected chi connectivity index (χ3v) is 4.02. The summed E-state index contributed by atoms with van der Waals surface area (Å²) in [4.78, 5) is 13.6. The smallest absolute Gasteiger partial charge is 0.256 e. The van der Waals surface area contributed by atoms with Crippen LogP contribution in [-0.2, 0) is 4.79 Å². The lowest BCUT2D eigenvalue weighted by Crippen LogP contribution is -2.35. The molecule has 0 bridgehead atoms. The van der Waals surface area contributed by atoms with Crippen molar-refractivity contribution in [1.29, 1.82) is 0 Å². The van der Waals surface area contributed by atoms with Crippen LogP contribution in [-0.4, -0.2) is 17.2 Å². The molecule has 1 aliphatic heterocycles. The Morgan fingerprint density at radius 2 is 1.48 bits per heavy atom. The van der Waals surface area contributed by atoms with Gasteiger partial charge in [0.15, 0.2) is 6.23 Å². The van der Waals surface area contributed by atoms with E-state index in [0.29, 0.717) is 16.8 Å². The van der Waals surface area contributed by atoms with Gasteiger partial charge in [-0.25, -0.2) is 0 Å². The Labute approximate surface area is 124 Å². The molecule has 106 valence electrons. The van der Waals surface area contributed by atoms with Crippen LogP contribution in [0.3, 0.4) is 0 Å². The summed E-state index contributed by atoms with van der Waals surface area (Å²) in [6.45, 7) is 3.54. The van der Waals surface area contributed by atoms with Gasteiger partial charge in [0.2, 0.25) is 0 Å². The summed E-state index contributed by atoms with van der Waals surface area (Å²) in [6, 6.07) is 17.7. The van der Waals surface area contributed by atoms with E-state index in [-0.39, 0.29) is 5.91 Å². The van der Waals surface area contributed by atoms with Gasteiger partial charge < -0.3 is 5.11 Å². The first-order chi connectivity index (χ1) is 10.1. The number of amides is 1. The molecule has 0 aromatic heterocycles. The van der Waals surface area contributed by atoms with Gasteiger partial charge in [-0.15, -0.1) is 0 Å². The van der Waals surface area contributed by atoms with Gasteiger partial charge in [0.1, 0.15) is 0 Å². The van der Waals surface area contributed by atoms with Gasteiger partial charge in [-0.05, 0) is 42.7 Å². The fourth-order valence-electron chi connectivity index (χ4n) is 2.55. The molecule has 0 saturated heterocycles. The zero-order valence-corrected chi connectivity index (χ0v) is 12.1. The summed E-state index contributed by atoms with van der Waals surface area (Å²) >= 11 is 0. The number of nitrogens with zero attached hydrogens (tertiary/aromatic N) is 1. The van der Waals surface area contributed by atoms with Crippen molar-refractivity contribution in [3.8, 4) is 11.1 Å². The van der Waals surface area contributed by atoms with Crippen LogP contribution in [0.4, 0.5) is 5.69 Å². The summed E-state index contributed by atoms with van der Waals surface area (Å²) in [5, 5.41) is 10.2. The quantitative estimate of drug-likeness (QED) is 0.915. The molecule has 21 heavy (non-hydrogen) atoms. The molecular weight excluding hydrogens is 262 g/mol. The Balaban J connectivity index is 1.91. The Kier molecular flexibility index (Phi) is 3.35. The van der Waals surface area contributed by atoms with E-state index in [4.69, 9.17) is 0 Å². The average Bonchev–Trinajstić information content (AvgIpc) is 2.72. The number of hydrogen-bond acceptors (Lipinski definition) is 2. The first kappa shape index (κ1) is 13.6. The molecule has 0 aliphatic carbocycles. The maximum atomic E-state index is 12.2. The number of carbonyl (C=O) groups excluding carboxylic acids is 1. The fourth-order valence-corrected chi connectivity index (χ4v) is 2.55. The third-order valence-electron chi connectivity index (χ3n) is 4.02. The van der Waals surface area contributed by atoms with Gasteiger partial charge in [-0.1, -0.05) is 42.5 Å². The highest BCUT2D eigenvalue weighted by Gasteiger charge is 2.34. The van der Waals surface area contributed by atoms with E-state index in [1.807, 2.05) is 54.6 Å². The Morgan fingerprint density at radius 1 is 0.905 bits per heavy atom. The zero-order chi connectivity index (χ0) is 15.0. The molecule has 0 fully saturated rings. The van der Waals surface area contributed by atoms with Crippen LogP contribution in [0.25, 0.3) is 11.1 Å². The SMILES string of the molecule is CC1=C(C)C(O)N(c2ccc(-c3ccccc3)cc2)C1=O. The van der Waals surface area contributed by atoms with Crippen molar-refractivity contribution in [3.05, 3.63) is 65.7 Å². The molecule has 1 N–H and O–H groups in total. The molecule has 1 atom stereocenters. The minimum absolute atomic E-state index is 0.132. The molecule has 2 aromatic rings. The molecule has 1 unspecified atom stereocenters. The molecule has 1 amide bonds. The molecule has 2 aromatic carbocycles. The molecular formula is C18H17NO2. The highest BCUT2D eigenvalue weighted by molar-refractivity contribution is 6.09. The van der Waals surface area contributed by atoms with Crippen molar-refractivity contribution < 1.29 is 9.90 Å². The molecule has 3 rings (SSSR count). The first-order valence-electron chi connectivity index (χ1n) is 6.94. The van der Waals surface area contributed by atoms with Gasteiger partial charge >= 0.3 is 0 Å². The highest BCUT2D eigenvalue weighted by atomic mass is 16.3. The van der Waals surface area contributed by atoms with E-state index in [9.17, 15) is 9.90 Å². The van der Waals surface area contributed by atoms with E-state index in [1.165, 1.54) is 4.90 Å². The molecule has 0 saturated carbocycles. The van der Waals surface area contributed by atoms with Crippen molar-refractivity contribution in [2.24, 2.45) is 0 Å². The molecule has 3 nitrogen and oxygen atoms in total. The van der Waals surface area contributed by atoms with Crippen LogP contribution in [0.5, 0.6) is 0 Å². The van der Waals surface area contributed by atoms with Crippen molar-refractivity contribution in [2.75, 3.05) is 4.90 Å². The Bertz CT molecular complexity index is 702. The van der Waals surface area contributed by atoms with E-state index >= 15 is 0 Å². The Morgan fingerprint density at radius 3 is 2.00 bits per heavy atom. The summed E-state index contributed by atoms with van der Waals surface area (Å²) < 4.78 is 0. The van der Waals surface area contributed by atoms with Crippen LogP contribution in [0.2, 0.25) is 0 Å². The fraction of sp³-hybridized carbons (Fsp3) is 0.167. The second kappa shape index (κ2) is 5.19. The molecule has 0 radical (unpaired) electrons. The van der Waals surface area contributed by atoms with Gasteiger partial charge in [0, 0.05) is 11.3 Å². The number of rotatable bonds is 2. The molecule has 1 heterocycles. The number of aliphatic hydroxyl groups is 1. The van der Waals surface area contributed by atoms with Gasteiger partial charge in [-0.2, -0.15) is 0 Å². The third kappa shape index (κ3) is 2.26. The number of aliphatic hydroxyl groups excluding tert-OH is 1. The normalized spacial score (nSPS) is 18.5. The van der Waals surface area contributed by atoms with Crippen molar-refractivity contribution in [1.82, 2.24) is 0 Å². The van der Waals surface area contributed by atoms with Gasteiger partial charge in [-0.3, -0.25) is 9.69 Å². The number of hydrogen-bond donors (Lipinski definition) is 1. The van der Waals surface area contributed by atoms with E-state index < -0.39 is 6.23 Å². The Hall–Kier alpha value is -2.39. The summed E-state index contributed by atoms with van der Waals surface area (Å²) in [7, 11) is 0. The predicted molar refractivity (Wildman–Crippen MR) is 83.7 cm³/mol. The van der Waals surface area contributed by atoms with Gasteiger partial charge in [0.05, 0.1) is 0 Å². The van der Waals surface area contributed by atoms with E-state index in [2.05, 4.69) is 0 Å². The van der Waals surface area contributed by atoms with Crippen LogP contribution in [0.15, 0.2) is 65.7 Å². The van der Waals surface area contributed by atoms with Crippen LogP contribution in [0, 0.1) is 0 Å². The van der Waals surface area contributed by atoms with E-state index in [0.717, 1.165) is 11.1 Å². The number of anilines is 1. The summed E-state index contributed by atoms with van der Waals surface area (Å²) in [5.74, 6) is -0.132. The summed E-state index contributed by atoms with van der Waals surface area (Å²) in [5.41, 5.74) is 4.26. The first-order valence-corrected chi connectivity index (χ1v) is 6.94. The van der Waals surface area contributed by atoms with Crippen molar-refractivity contribution in [3.63, 3.8) is 0 Å². The minimum atomic E-state index is -0.861. The topological polar surface area (TPSA) is 40.5 Å². The molecule has 1 aliphatic rings.